The lowest BCUT2D eigenvalue weighted by Crippen LogP contribution is -2.37. The molecule has 2 atom stereocenters. The third kappa shape index (κ3) is 3.58. The number of likely N-dealkylation sites (tertiary alicyclic amines) is 1. The van der Waals surface area contributed by atoms with Crippen molar-refractivity contribution in [1.29, 1.82) is 0 Å². The zero-order valence-electron chi connectivity index (χ0n) is 13.2. The Bertz CT molecular complexity index is 474. The van der Waals surface area contributed by atoms with Gasteiger partial charge in [0, 0.05) is 12.1 Å². The summed E-state index contributed by atoms with van der Waals surface area (Å²) in [5.74, 6) is 0.990. The molecule has 0 spiro atoms. The molecule has 0 saturated carbocycles. The largest absolute Gasteiger partial charge is 0.494 e. The number of hydrogen-bond donors (Lipinski definition) is 1. The van der Waals surface area contributed by atoms with E-state index in [9.17, 15) is 0 Å². The van der Waals surface area contributed by atoms with Gasteiger partial charge in [-0.15, -0.1) is 0 Å². The first-order valence-corrected chi connectivity index (χ1v) is 8.45. The molecule has 3 rings (SSSR count). The lowest BCUT2D eigenvalue weighted by Gasteiger charge is -2.32. The molecule has 1 heterocycles. The van der Waals surface area contributed by atoms with Crippen LogP contribution in [0.2, 0.25) is 0 Å². The summed E-state index contributed by atoms with van der Waals surface area (Å²) in [6.45, 7) is 2.04. The molecule has 2 N–H and O–H groups in total. The summed E-state index contributed by atoms with van der Waals surface area (Å²) < 4.78 is 5.99. The quantitative estimate of drug-likeness (QED) is 0.924. The molecule has 1 unspecified atom stereocenters. The summed E-state index contributed by atoms with van der Waals surface area (Å²) in [5, 5.41) is 0. The molecule has 1 aromatic carbocycles. The second-order valence-electron chi connectivity index (χ2n) is 6.63. The molecule has 1 aromatic rings. The standard InChI is InChI=1S/C18H28N2O/c1-20-11-3-2-6-15(20)10-12-21-16-9-8-14-5-4-7-18(19)17(14)13-16/h8-9,13,15,18H,2-7,10-12,19H2,1H3/t15?,18-/m0/s1. The highest BCUT2D eigenvalue weighted by Gasteiger charge is 2.19. The maximum atomic E-state index is 6.22. The molecule has 3 nitrogen and oxygen atoms in total. The zero-order valence-corrected chi connectivity index (χ0v) is 13.2. The fraction of sp³-hybridized carbons (Fsp3) is 0.667. The number of hydrogen-bond acceptors (Lipinski definition) is 3. The summed E-state index contributed by atoms with van der Waals surface area (Å²) in [4.78, 5) is 2.48. The maximum Gasteiger partial charge on any atom is 0.119 e. The molecule has 0 radical (unpaired) electrons. The topological polar surface area (TPSA) is 38.5 Å². The fourth-order valence-electron chi connectivity index (χ4n) is 3.73. The van der Waals surface area contributed by atoms with Crippen molar-refractivity contribution in [3.05, 3.63) is 29.3 Å². The first-order valence-electron chi connectivity index (χ1n) is 8.45. The van der Waals surface area contributed by atoms with Gasteiger partial charge in [0.05, 0.1) is 6.61 Å². The molecule has 2 aliphatic rings. The molecule has 116 valence electrons. The minimum atomic E-state index is 0.196. The Hall–Kier alpha value is -1.06. The number of aryl methyl sites for hydroxylation is 1. The highest BCUT2D eigenvalue weighted by Crippen LogP contribution is 2.31. The van der Waals surface area contributed by atoms with E-state index in [1.165, 1.54) is 43.4 Å². The molecule has 21 heavy (non-hydrogen) atoms. The van der Waals surface area contributed by atoms with E-state index in [2.05, 4.69) is 30.1 Å². The molecule has 1 aliphatic heterocycles. The van der Waals surface area contributed by atoms with Crippen LogP contribution >= 0.6 is 0 Å². The normalized spacial score (nSPS) is 26.4. The van der Waals surface area contributed by atoms with Crippen molar-refractivity contribution < 1.29 is 4.74 Å². The van der Waals surface area contributed by atoms with Gasteiger partial charge in [0.2, 0.25) is 0 Å². The summed E-state index contributed by atoms with van der Waals surface area (Å²) in [7, 11) is 2.24. The molecule has 0 aromatic heterocycles. The number of benzene rings is 1. The third-order valence-corrected chi connectivity index (χ3v) is 5.12. The Balaban J connectivity index is 1.54. The number of fused-ring (bicyclic) bond motifs is 1. The molecule has 0 amide bonds. The minimum Gasteiger partial charge on any atom is -0.494 e. The Labute approximate surface area is 128 Å². The van der Waals surface area contributed by atoms with E-state index in [-0.39, 0.29) is 6.04 Å². The summed E-state index contributed by atoms with van der Waals surface area (Å²) in [5.41, 5.74) is 8.93. The van der Waals surface area contributed by atoms with Gasteiger partial charge in [-0.1, -0.05) is 12.5 Å². The van der Waals surface area contributed by atoms with Crippen LogP contribution in [0.1, 0.15) is 55.7 Å². The molecular weight excluding hydrogens is 260 g/mol. The predicted octanol–water partition coefficient (Wildman–Crippen LogP) is 3.28. The molecular formula is C18H28N2O. The van der Waals surface area contributed by atoms with E-state index in [1.807, 2.05) is 0 Å². The van der Waals surface area contributed by atoms with Crippen LogP contribution in [-0.2, 0) is 6.42 Å². The van der Waals surface area contributed by atoms with Crippen molar-refractivity contribution in [2.24, 2.45) is 5.73 Å². The Kier molecular flexibility index (Phi) is 4.81. The van der Waals surface area contributed by atoms with Crippen LogP contribution in [0.25, 0.3) is 0 Å². The van der Waals surface area contributed by atoms with Crippen molar-refractivity contribution in [3.63, 3.8) is 0 Å². The molecule has 3 heteroatoms. The third-order valence-electron chi connectivity index (χ3n) is 5.12. The van der Waals surface area contributed by atoms with E-state index in [1.54, 1.807) is 0 Å². The van der Waals surface area contributed by atoms with Crippen molar-refractivity contribution in [3.8, 4) is 5.75 Å². The van der Waals surface area contributed by atoms with Crippen LogP contribution in [0.3, 0.4) is 0 Å². The highest BCUT2D eigenvalue weighted by atomic mass is 16.5. The van der Waals surface area contributed by atoms with Gasteiger partial charge in [-0.2, -0.15) is 0 Å². The number of piperidine rings is 1. The molecule has 1 saturated heterocycles. The summed E-state index contributed by atoms with van der Waals surface area (Å²) >= 11 is 0. The van der Waals surface area contributed by atoms with E-state index in [0.717, 1.165) is 31.6 Å². The van der Waals surface area contributed by atoms with Crippen molar-refractivity contribution in [1.82, 2.24) is 4.90 Å². The van der Waals surface area contributed by atoms with Crippen LogP contribution in [0.4, 0.5) is 0 Å². The van der Waals surface area contributed by atoms with E-state index in [0.29, 0.717) is 6.04 Å². The minimum absolute atomic E-state index is 0.196. The lowest BCUT2D eigenvalue weighted by atomic mass is 9.88. The molecule has 0 bridgehead atoms. The average molecular weight is 288 g/mol. The summed E-state index contributed by atoms with van der Waals surface area (Å²) in [6, 6.07) is 7.38. The van der Waals surface area contributed by atoms with Crippen molar-refractivity contribution >= 4 is 0 Å². The predicted molar refractivity (Wildman–Crippen MR) is 86.7 cm³/mol. The van der Waals surface area contributed by atoms with Crippen LogP contribution < -0.4 is 10.5 Å². The Morgan fingerprint density at radius 1 is 1.24 bits per heavy atom. The Morgan fingerprint density at radius 2 is 2.14 bits per heavy atom. The van der Waals surface area contributed by atoms with Crippen LogP contribution in [0.5, 0.6) is 5.75 Å². The van der Waals surface area contributed by atoms with E-state index in [4.69, 9.17) is 10.5 Å². The molecule has 1 aliphatic carbocycles. The first-order chi connectivity index (χ1) is 10.2. The number of nitrogens with two attached hydrogens (primary N) is 1. The first kappa shape index (κ1) is 14.9. The lowest BCUT2D eigenvalue weighted by molar-refractivity contribution is 0.153. The van der Waals surface area contributed by atoms with Crippen LogP contribution in [0, 0.1) is 0 Å². The maximum absolute atomic E-state index is 6.22. The molecule has 1 fully saturated rings. The van der Waals surface area contributed by atoms with Gasteiger partial charge < -0.3 is 15.4 Å². The van der Waals surface area contributed by atoms with Gasteiger partial charge in [0.15, 0.2) is 0 Å². The highest BCUT2D eigenvalue weighted by molar-refractivity contribution is 5.39. The monoisotopic (exact) mass is 288 g/mol. The van der Waals surface area contributed by atoms with Gasteiger partial charge >= 0.3 is 0 Å². The smallest absolute Gasteiger partial charge is 0.119 e. The van der Waals surface area contributed by atoms with Gasteiger partial charge in [0.25, 0.3) is 0 Å². The van der Waals surface area contributed by atoms with E-state index < -0.39 is 0 Å². The SMILES string of the molecule is CN1CCCCC1CCOc1ccc2c(c1)[C@@H](N)CCC2. The average Bonchev–Trinajstić information content (AvgIpc) is 2.50. The number of rotatable bonds is 4. The Morgan fingerprint density at radius 3 is 3.00 bits per heavy atom. The zero-order chi connectivity index (χ0) is 14.7. The van der Waals surface area contributed by atoms with Crippen molar-refractivity contribution in [2.45, 2.75) is 57.0 Å². The second-order valence-corrected chi connectivity index (χ2v) is 6.63. The second kappa shape index (κ2) is 6.80. The van der Waals surface area contributed by atoms with Crippen LogP contribution in [0.15, 0.2) is 18.2 Å². The van der Waals surface area contributed by atoms with Crippen molar-refractivity contribution in [2.75, 3.05) is 20.2 Å². The number of nitrogens with zero attached hydrogens (tertiary/aromatic N) is 1. The van der Waals surface area contributed by atoms with Gasteiger partial charge in [-0.25, -0.2) is 0 Å². The van der Waals surface area contributed by atoms with Gasteiger partial charge in [-0.05, 0) is 75.4 Å². The summed E-state index contributed by atoms with van der Waals surface area (Å²) in [6.07, 6.45) is 8.62. The fourth-order valence-corrected chi connectivity index (χ4v) is 3.73. The van der Waals surface area contributed by atoms with Crippen LogP contribution in [-0.4, -0.2) is 31.1 Å². The number of ether oxygens (including phenoxy) is 1. The van der Waals surface area contributed by atoms with E-state index >= 15 is 0 Å². The van der Waals surface area contributed by atoms with Gasteiger partial charge in [0.1, 0.15) is 5.75 Å². The van der Waals surface area contributed by atoms with Gasteiger partial charge in [-0.3, -0.25) is 0 Å².